The van der Waals surface area contributed by atoms with E-state index in [1.54, 1.807) is 0 Å². The van der Waals surface area contributed by atoms with Gasteiger partial charge in [0.05, 0.1) is 4.90 Å². The maximum Gasteiger partial charge on any atom is 0.123 e. The first-order valence-electron chi connectivity index (χ1n) is 5.07. The Morgan fingerprint density at radius 2 is 1.63 bits per heavy atom. The molecule has 0 amide bonds. The first-order chi connectivity index (χ1) is 8.88. The van der Waals surface area contributed by atoms with E-state index >= 15 is 0 Å². The Kier molecular flexibility index (Phi) is 3.99. The molecular weight excluding hydrogens is 312 g/mol. The van der Waals surface area contributed by atoms with E-state index in [2.05, 4.69) is 4.72 Å². The summed E-state index contributed by atoms with van der Waals surface area (Å²) in [6.45, 7) is 0. The maximum absolute atomic E-state index is 12.8. The summed E-state index contributed by atoms with van der Waals surface area (Å²) in [6, 6.07) is 8.66. The number of hydrogen-bond donors (Lipinski definition) is 0. The molecule has 0 radical (unpaired) electrons. The minimum absolute atomic E-state index is 0.0403. The standard InChI is InChI=1S/C12H7Cl2FNO2S/c13-8-1-6-11(14)12(7-8)16-19(17,18)10-4-2-9(15)3-5-10/h1-7H/q-1. The van der Waals surface area contributed by atoms with Gasteiger partial charge in [-0.25, -0.2) is 12.8 Å². The smallest absolute Gasteiger partial charge is 0.123 e. The summed E-state index contributed by atoms with van der Waals surface area (Å²) < 4.78 is 40.3. The molecule has 0 saturated heterocycles. The van der Waals surface area contributed by atoms with Crippen LogP contribution in [-0.2, 0) is 10.0 Å². The van der Waals surface area contributed by atoms with Crippen molar-refractivity contribution in [3.8, 4) is 0 Å². The van der Waals surface area contributed by atoms with Crippen LogP contribution in [0.1, 0.15) is 0 Å². The van der Waals surface area contributed by atoms with Crippen molar-refractivity contribution in [3.63, 3.8) is 0 Å². The monoisotopic (exact) mass is 318 g/mol. The van der Waals surface area contributed by atoms with Crippen molar-refractivity contribution < 1.29 is 12.8 Å². The molecule has 2 aromatic rings. The van der Waals surface area contributed by atoms with Gasteiger partial charge in [0.25, 0.3) is 0 Å². The number of rotatable bonds is 3. The number of nitrogens with zero attached hydrogens (tertiary/aromatic N) is 1. The Hall–Kier alpha value is -1.30. The van der Waals surface area contributed by atoms with Gasteiger partial charge in [-0.05, 0) is 36.4 Å². The van der Waals surface area contributed by atoms with E-state index in [0.717, 1.165) is 24.3 Å². The van der Waals surface area contributed by atoms with E-state index in [-0.39, 0.29) is 15.6 Å². The van der Waals surface area contributed by atoms with Crippen molar-refractivity contribution >= 4 is 38.9 Å². The van der Waals surface area contributed by atoms with E-state index in [4.69, 9.17) is 23.2 Å². The van der Waals surface area contributed by atoms with Gasteiger partial charge < -0.3 is 4.72 Å². The van der Waals surface area contributed by atoms with Gasteiger partial charge >= 0.3 is 0 Å². The summed E-state index contributed by atoms with van der Waals surface area (Å²) in [5.41, 5.74) is 0.0403. The highest BCUT2D eigenvalue weighted by molar-refractivity contribution is 7.94. The normalized spacial score (nSPS) is 11.3. The van der Waals surface area contributed by atoms with Crippen LogP contribution in [0.4, 0.5) is 10.1 Å². The van der Waals surface area contributed by atoms with Crippen molar-refractivity contribution in [3.05, 3.63) is 63.0 Å². The van der Waals surface area contributed by atoms with Gasteiger partial charge in [0.2, 0.25) is 0 Å². The van der Waals surface area contributed by atoms with Gasteiger partial charge in [-0.3, -0.25) is 0 Å². The molecule has 2 rings (SSSR count). The second-order valence-electron chi connectivity index (χ2n) is 3.62. The lowest BCUT2D eigenvalue weighted by Gasteiger charge is -2.23. The van der Waals surface area contributed by atoms with E-state index in [0.29, 0.717) is 5.02 Å². The SMILES string of the molecule is O=S(=O)([N-]c1cc(Cl)ccc1Cl)c1ccc(F)cc1. The quantitative estimate of drug-likeness (QED) is 0.834. The third kappa shape index (κ3) is 3.37. The number of benzene rings is 2. The molecule has 3 nitrogen and oxygen atoms in total. The molecule has 0 aliphatic rings. The molecule has 0 unspecified atom stereocenters. The minimum Gasteiger partial charge on any atom is -0.571 e. The molecule has 0 spiro atoms. The van der Waals surface area contributed by atoms with Crippen LogP contribution in [0.2, 0.25) is 10.0 Å². The molecule has 0 fully saturated rings. The Morgan fingerprint density at radius 3 is 2.26 bits per heavy atom. The van der Waals surface area contributed by atoms with Crippen LogP contribution in [-0.4, -0.2) is 8.42 Å². The van der Waals surface area contributed by atoms with Crippen LogP contribution in [0.15, 0.2) is 47.4 Å². The van der Waals surface area contributed by atoms with Crippen LogP contribution in [0.3, 0.4) is 0 Å². The van der Waals surface area contributed by atoms with Crippen LogP contribution >= 0.6 is 23.2 Å². The number of sulfonamides is 1. The van der Waals surface area contributed by atoms with Crippen molar-refractivity contribution in [2.75, 3.05) is 0 Å². The fourth-order valence-electron chi connectivity index (χ4n) is 1.34. The molecule has 0 heterocycles. The van der Waals surface area contributed by atoms with Crippen LogP contribution in [0.5, 0.6) is 0 Å². The molecule has 0 aliphatic heterocycles. The van der Waals surface area contributed by atoms with Crippen LogP contribution in [0, 0.1) is 5.82 Å². The highest BCUT2D eigenvalue weighted by atomic mass is 35.5. The number of hydrogen-bond acceptors (Lipinski definition) is 2. The van der Waals surface area contributed by atoms with Crippen molar-refractivity contribution in [2.45, 2.75) is 4.90 Å². The molecule has 0 bridgehead atoms. The molecule has 2 aromatic carbocycles. The zero-order valence-corrected chi connectivity index (χ0v) is 11.7. The zero-order valence-electron chi connectivity index (χ0n) is 9.35. The van der Waals surface area contributed by atoms with Crippen molar-refractivity contribution in [1.82, 2.24) is 0 Å². The molecule has 100 valence electrons. The lowest BCUT2D eigenvalue weighted by Crippen LogP contribution is -1.97. The highest BCUT2D eigenvalue weighted by Gasteiger charge is 2.06. The van der Waals surface area contributed by atoms with Crippen molar-refractivity contribution in [1.29, 1.82) is 0 Å². The highest BCUT2D eigenvalue weighted by Crippen LogP contribution is 2.35. The molecule has 0 atom stereocenters. The first-order valence-corrected chi connectivity index (χ1v) is 7.27. The minimum atomic E-state index is -3.95. The van der Waals surface area contributed by atoms with Crippen molar-refractivity contribution in [2.24, 2.45) is 0 Å². The predicted molar refractivity (Wildman–Crippen MR) is 73.1 cm³/mol. The molecule has 0 aliphatic carbocycles. The molecule has 0 N–H and O–H groups in total. The lowest BCUT2D eigenvalue weighted by atomic mass is 10.3. The first kappa shape index (κ1) is 14.1. The Bertz CT molecular complexity index is 702. The van der Waals surface area contributed by atoms with Gasteiger partial charge in [0.15, 0.2) is 0 Å². The maximum atomic E-state index is 12.8. The predicted octanol–water partition coefficient (Wildman–Crippen LogP) is 4.53. The Balaban J connectivity index is 2.36. The topological polar surface area (TPSA) is 48.2 Å². The summed E-state index contributed by atoms with van der Waals surface area (Å²) in [6.07, 6.45) is 0. The van der Waals surface area contributed by atoms with Gasteiger partial charge in [-0.2, -0.15) is 0 Å². The van der Waals surface area contributed by atoms with E-state index in [9.17, 15) is 12.8 Å². The second-order valence-corrected chi connectivity index (χ2v) is 6.06. The summed E-state index contributed by atoms with van der Waals surface area (Å²) in [5, 5.41) is 0.479. The summed E-state index contributed by atoms with van der Waals surface area (Å²) in [5.74, 6) is -0.528. The fourth-order valence-corrected chi connectivity index (χ4v) is 2.72. The molecular formula is C12H7Cl2FNO2S-. The van der Waals surface area contributed by atoms with E-state index < -0.39 is 15.8 Å². The third-order valence-electron chi connectivity index (χ3n) is 2.24. The largest absolute Gasteiger partial charge is 0.571 e. The zero-order chi connectivity index (χ0) is 14.0. The molecule has 7 heteroatoms. The fraction of sp³-hybridized carbons (Fsp3) is 0. The van der Waals surface area contributed by atoms with Crippen LogP contribution in [0.25, 0.3) is 4.72 Å². The van der Waals surface area contributed by atoms with Crippen LogP contribution < -0.4 is 0 Å². The summed E-state index contributed by atoms with van der Waals surface area (Å²) in [4.78, 5) is -0.120. The molecule has 19 heavy (non-hydrogen) atoms. The van der Waals surface area contributed by atoms with Gasteiger partial charge in [-0.15, -0.1) is 5.69 Å². The van der Waals surface area contributed by atoms with E-state index in [1.165, 1.54) is 18.2 Å². The average molecular weight is 319 g/mol. The number of halogens is 3. The lowest BCUT2D eigenvalue weighted by molar-refractivity contribution is 0.601. The molecule has 0 saturated carbocycles. The summed E-state index contributed by atoms with van der Waals surface area (Å²) in [7, 11) is -3.95. The Labute approximate surface area is 120 Å². The van der Waals surface area contributed by atoms with Gasteiger partial charge in [0, 0.05) is 10.0 Å². The Morgan fingerprint density at radius 1 is 1.00 bits per heavy atom. The third-order valence-corrected chi connectivity index (χ3v) is 4.10. The van der Waals surface area contributed by atoms with E-state index in [1.807, 2.05) is 0 Å². The summed E-state index contributed by atoms with van der Waals surface area (Å²) >= 11 is 11.6. The van der Waals surface area contributed by atoms with Gasteiger partial charge in [-0.1, -0.05) is 29.3 Å². The molecule has 0 aromatic heterocycles. The van der Waals surface area contributed by atoms with Gasteiger partial charge in [0.1, 0.15) is 15.8 Å². The second kappa shape index (κ2) is 5.36. The average Bonchev–Trinajstić information content (AvgIpc) is 2.34.